The zero-order valence-corrected chi connectivity index (χ0v) is 8.10. The van der Waals surface area contributed by atoms with Crippen LogP contribution < -0.4 is 0 Å². The second-order valence-electron chi connectivity index (χ2n) is 2.83. The Morgan fingerprint density at radius 3 is 1.80 bits per heavy atom. The lowest BCUT2D eigenvalue weighted by atomic mass is 9.94. The molecule has 0 radical (unpaired) electrons. The van der Waals surface area contributed by atoms with E-state index in [2.05, 4.69) is 0 Å². The molecule has 0 amide bonds. The van der Waals surface area contributed by atoms with Crippen LogP contribution in [0, 0.1) is 0 Å². The van der Waals surface area contributed by atoms with Crippen LogP contribution in [-0.4, -0.2) is 27.3 Å². The lowest BCUT2D eigenvalue weighted by molar-refractivity contribution is -0.177. The minimum Gasteiger partial charge on any atom is -0.478 e. The first-order valence-electron chi connectivity index (χ1n) is 3.84. The summed E-state index contributed by atoms with van der Waals surface area (Å²) in [6.07, 6.45) is 0. The Bertz CT molecular complexity index is 383. The molecule has 0 aliphatic heterocycles. The number of aliphatic carboxylic acids is 2. The second-order valence-corrected chi connectivity index (χ2v) is 3.26. The Labute approximate surface area is 89.5 Å². The number of carboxylic acids is 2. The predicted octanol–water partition coefficient (Wildman–Crippen LogP) is 0.697. The van der Waals surface area contributed by atoms with Gasteiger partial charge in [-0.2, -0.15) is 0 Å². The standard InChI is InChI=1S/C9H7ClO5/c10-6-3-1-5(2-4-6)9(15,7(11)12)8(13)14/h1-4,15H,(H,11,12)(H,13,14). The molecule has 0 bridgehead atoms. The summed E-state index contributed by atoms with van der Waals surface area (Å²) in [6.45, 7) is 0. The van der Waals surface area contributed by atoms with E-state index < -0.39 is 17.5 Å². The molecule has 0 atom stereocenters. The lowest BCUT2D eigenvalue weighted by Crippen LogP contribution is -2.43. The van der Waals surface area contributed by atoms with Crippen molar-refractivity contribution in [3.05, 3.63) is 34.9 Å². The van der Waals surface area contributed by atoms with Crippen molar-refractivity contribution in [1.82, 2.24) is 0 Å². The number of halogens is 1. The number of carboxylic acid groups (broad SMARTS) is 2. The molecule has 15 heavy (non-hydrogen) atoms. The van der Waals surface area contributed by atoms with Crippen molar-refractivity contribution in [2.24, 2.45) is 0 Å². The molecule has 1 aromatic carbocycles. The van der Waals surface area contributed by atoms with Crippen molar-refractivity contribution in [2.45, 2.75) is 5.60 Å². The van der Waals surface area contributed by atoms with Gasteiger partial charge in [0.25, 0.3) is 5.60 Å². The monoisotopic (exact) mass is 230 g/mol. The summed E-state index contributed by atoms with van der Waals surface area (Å²) in [6, 6.07) is 4.89. The Morgan fingerprint density at radius 2 is 1.47 bits per heavy atom. The van der Waals surface area contributed by atoms with Crippen LogP contribution in [0.15, 0.2) is 24.3 Å². The molecule has 0 aliphatic rings. The first-order chi connectivity index (χ1) is 6.89. The van der Waals surface area contributed by atoms with E-state index in [1.807, 2.05) is 0 Å². The molecule has 1 rings (SSSR count). The fraction of sp³-hybridized carbons (Fsp3) is 0.111. The Hall–Kier alpha value is -1.59. The van der Waals surface area contributed by atoms with Crippen molar-refractivity contribution in [1.29, 1.82) is 0 Å². The molecule has 0 aromatic heterocycles. The Balaban J connectivity index is 3.28. The third kappa shape index (κ3) is 1.93. The summed E-state index contributed by atoms with van der Waals surface area (Å²) < 4.78 is 0. The molecule has 0 saturated carbocycles. The van der Waals surface area contributed by atoms with E-state index in [0.717, 1.165) is 12.1 Å². The van der Waals surface area contributed by atoms with E-state index in [-0.39, 0.29) is 5.56 Å². The Kier molecular flexibility index (Phi) is 2.97. The van der Waals surface area contributed by atoms with E-state index in [9.17, 15) is 14.7 Å². The van der Waals surface area contributed by atoms with Gasteiger partial charge in [0, 0.05) is 10.6 Å². The molecule has 0 aliphatic carbocycles. The highest BCUT2D eigenvalue weighted by atomic mass is 35.5. The number of aliphatic hydroxyl groups is 1. The SMILES string of the molecule is O=C(O)C(O)(C(=O)O)c1ccc(Cl)cc1. The van der Waals surface area contributed by atoms with Gasteiger partial charge in [-0.3, -0.25) is 0 Å². The summed E-state index contributed by atoms with van der Waals surface area (Å²) in [4.78, 5) is 21.4. The average molecular weight is 231 g/mol. The highest BCUT2D eigenvalue weighted by Gasteiger charge is 2.46. The molecule has 0 heterocycles. The summed E-state index contributed by atoms with van der Waals surface area (Å²) in [5.74, 6) is -3.70. The third-order valence-corrected chi connectivity index (χ3v) is 2.13. The van der Waals surface area contributed by atoms with Crippen LogP contribution >= 0.6 is 11.6 Å². The van der Waals surface area contributed by atoms with Gasteiger partial charge in [-0.05, 0) is 12.1 Å². The van der Waals surface area contributed by atoms with Gasteiger partial charge in [0.1, 0.15) is 0 Å². The van der Waals surface area contributed by atoms with Crippen LogP contribution in [0.4, 0.5) is 0 Å². The van der Waals surface area contributed by atoms with Gasteiger partial charge in [-0.15, -0.1) is 0 Å². The van der Waals surface area contributed by atoms with Crippen LogP contribution in [0.1, 0.15) is 5.56 Å². The first kappa shape index (κ1) is 11.5. The fourth-order valence-electron chi connectivity index (χ4n) is 1.03. The van der Waals surface area contributed by atoms with Crippen LogP contribution in [0.5, 0.6) is 0 Å². The lowest BCUT2D eigenvalue weighted by Gasteiger charge is -2.18. The summed E-state index contributed by atoms with van der Waals surface area (Å²) in [7, 11) is 0. The van der Waals surface area contributed by atoms with Crippen molar-refractivity contribution < 1.29 is 24.9 Å². The zero-order chi connectivity index (χ0) is 11.6. The molecule has 80 valence electrons. The number of carbonyl (C=O) groups is 2. The van der Waals surface area contributed by atoms with Gasteiger partial charge in [0.05, 0.1) is 0 Å². The van der Waals surface area contributed by atoms with E-state index in [1.54, 1.807) is 0 Å². The van der Waals surface area contributed by atoms with Crippen LogP contribution in [0.3, 0.4) is 0 Å². The number of rotatable bonds is 3. The molecule has 0 saturated heterocycles. The van der Waals surface area contributed by atoms with Crippen molar-refractivity contribution in [3.8, 4) is 0 Å². The highest BCUT2D eigenvalue weighted by Crippen LogP contribution is 2.23. The third-order valence-electron chi connectivity index (χ3n) is 1.88. The molecule has 0 fully saturated rings. The topological polar surface area (TPSA) is 94.8 Å². The maximum Gasteiger partial charge on any atom is 0.352 e. The second kappa shape index (κ2) is 3.88. The van der Waals surface area contributed by atoms with Crippen molar-refractivity contribution >= 4 is 23.5 Å². The van der Waals surface area contributed by atoms with Crippen LogP contribution in [-0.2, 0) is 15.2 Å². The number of hydrogen-bond acceptors (Lipinski definition) is 3. The molecular weight excluding hydrogens is 224 g/mol. The first-order valence-corrected chi connectivity index (χ1v) is 4.22. The number of benzene rings is 1. The van der Waals surface area contributed by atoms with Crippen LogP contribution in [0.2, 0.25) is 5.02 Å². The minimum atomic E-state index is -2.94. The summed E-state index contributed by atoms with van der Waals surface area (Å²) >= 11 is 5.54. The zero-order valence-electron chi connectivity index (χ0n) is 7.35. The van der Waals surface area contributed by atoms with Crippen molar-refractivity contribution in [3.63, 3.8) is 0 Å². The minimum absolute atomic E-state index is 0.257. The largest absolute Gasteiger partial charge is 0.478 e. The normalized spacial score (nSPS) is 11.1. The van der Waals surface area contributed by atoms with Gasteiger partial charge in [-0.25, -0.2) is 9.59 Å². The van der Waals surface area contributed by atoms with E-state index in [4.69, 9.17) is 21.8 Å². The average Bonchev–Trinajstić information content (AvgIpc) is 2.17. The van der Waals surface area contributed by atoms with E-state index in [1.165, 1.54) is 12.1 Å². The summed E-state index contributed by atoms with van der Waals surface area (Å²) in [5, 5.41) is 27.1. The fourth-order valence-corrected chi connectivity index (χ4v) is 1.16. The highest BCUT2D eigenvalue weighted by molar-refractivity contribution is 6.30. The van der Waals surface area contributed by atoms with Gasteiger partial charge in [0.15, 0.2) is 0 Å². The molecule has 3 N–H and O–H groups in total. The van der Waals surface area contributed by atoms with Crippen LogP contribution in [0.25, 0.3) is 0 Å². The van der Waals surface area contributed by atoms with E-state index in [0.29, 0.717) is 5.02 Å². The molecule has 0 unspecified atom stereocenters. The molecule has 5 nitrogen and oxygen atoms in total. The molecule has 0 spiro atoms. The molecule has 1 aromatic rings. The molecular formula is C9H7ClO5. The maximum absolute atomic E-state index is 10.7. The molecule has 6 heteroatoms. The van der Waals surface area contributed by atoms with Crippen molar-refractivity contribution in [2.75, 3.05) is 0 Å². The Morgan fingerprint density at radius 1 is 1.07 bits per heavy atom. The predicted molar refractivity (Wildman–Crippen MR) is 50.6 cm³/mol. The number of hydrogen-bond donors (Lipinski definition) is 3. The van der Waals surface area contributed by atoms with Gasteiger partial charge < -0.3 is 15.3 Å². The van der Waals surface area contributed by atoms with Gasteiger partial charge >= 0.3 is 11.9 Å². The summed E-state index contributed by atoms with van der Waals surface area (Å²) in [5.41, 5.74) is -3.20. The van der Waals surface area contributed by atoms with E-state index >= 15 is 0 Å². The maximum atomic E-state index is 10.7. The van der Waals surface area contributed by atoms with Gasteiger partial charge in [0.2, 0.25) is 0 Å². The quantitative estimate of drug-likeness (QED) is 0.665. The smallest absolute Gasteiger partial charge is 0.352 e. The van der Waals surface area contributed by atoms with Gasteiger partial charge in [-0.1, -0.05) is 23.7 Å².